The zero-order valence-electron chi connectivity index (χ0n) is 17.9. The number of rotatable bonds is 4. The van der Waals surface area contributed by atoms with E-state index in [4.69, 9.17) is 11.6 Å². The topological polar surface area (TPSA) is 109 Å². The van der Waals surface area contributed by atoms with Crippen molar-refractivity contribution < 1.29 is 9.59 Å². The second-order valence-electron chi connectivity index (χ2n) is 8.47. The summed E-state index contributed by atoms with van der Waals surface area (Å²) in [5.74, 6) is -0.215. The van der Waals surface area contributed by atoms with Crippen LogP contribution in [0.5, 0.6) is 0 Å². The van der Waals surface area contributed by atoms with Crippen molar-refractivity contribution in [2.45, 2.75) is 72.0 Å². The molecule has 3 rings (SSSR count). The number of nitriles is 1. The summed E-state index contributed by atoms with van der Waals surface area (Å²) in [6.45, 7) is 9.28. The summed E-state index contributed by atoms with van der Waals surface area (Å²) in [4.78, 5) is 26.7. The summed E-state index contributed by atoms with van der Waals surface area (Å²) in [7, 11) is 0. The van der Waals surface area contributed by atoms with Gasteiger partial charge < -0.3 is 5.32 Å². The highest BCUT2D eigenvalue weighted by Gasteiger charge is 2.34. The van der Waals surface area contributed by atoms with E-state index in [-0.39, 0.29) is 17.3 Å². The van der Waals surface area contributed by atoms with Gasteiger partial charge in [-0.25, -0.2) is 0 Å². The number of anilines is 1. The molecule has 30 heavy (non-hydrogen) atoms. The molecule has 0 fully saturated rings. The fourth-order valence-electron chi connectivity index (χ4n) is 3.58. The summed E-state index contributed by atoms with van der Waals surface area (Å²) in [5.41, 5.74) is 0.589. The normalized spacial score (nSPS) is 14.6. The molecule has 160 valence electrons. The third kappa shape index (κ3) is 4.05. The minimum absolute atomic E-state index is 0.155. The first kappa shape index (κ1) is 21.8. The van der Waals surface area contributed by atoms with E-state index in [2.05, 4.69) is 21.6 Å². The Kier molecular flexibility index (Phi) is 5.90. The summed E-state index contributed by atoms with van der Waals surface area (Å²) in [5, 5.41) is 21.8. The maximum absolute atomic E-state index is 12.8. The van der Waals surface area contributed by atoms with Crippen molar-refractivity contribution in [2.24, 2.45) is 0 Å². The first-order valence-corrected chi connectivity index (χ1v) is 10.3. The molecule has 0 aliphatic carbocycles. The number of amides is 2. The zero-order chi connectivity index (χ0) is 22.2. The smallest absolute Gasteiger partial charge is 0.243 e. The number of aryl methyl sites for hydroxylation is 1. The molecule has 0 aromatic carbocycles. The van der Waals surface area contributed by atoms with Gasteiger partial charge in [0.1, 0.15) is 22.7 Å². The molecule has 1 aliphatic rings. The van der Waals surface area contributed by atoms with Crippen molar-refractivity contribution in [3.8, 4) is 11.9 Å². The fourth-order valence-corrected chi connectivity index (χ4v) is 3.89. The Morgan fingerprint density at radius 2 is 2.07 bits per heavy atom. The van der Waals surface area contributed by atoms with Crippen molar-refractivity contribution >= 4 is 29.2 Å². The molecular weight excluding hydrogens is 406 g/mol. The quantitative estimate of drug-likeness (QED) is 0.800. The standard InChI is InChI=1S/C20H26ClN7O2/c1-12(18(30)24-20(3,4)5)27(13(2)29)19-14(10-22)11-23-28(19)17-16(21)15-8-6-7-9-26(15)25-17/h11-12H,6-9H2,1-5H3,(H,24,30). The molecule has 9 nitrogen and oxygen atoms in total. The van der Waals surface area contributed by atoms with Gasteiger partial charge in [-0.15, -0.1) is 0 Å². The molecule has 1 N–H and O–H groups in total. The van der Waals surface area contributed by atoms with Crippen molar-refractivity contribution in [2.75, 3.05) is 4.90 Å². The minimum Gasteiger partial charge on any atom is -0.350 e. The van der Waals surface area contributed by atoms with Gasteiger partial charge in [0.2, 0.25) is 11.8 Å². The number of nitrogens with zero attached hydrogens (tertiary/aromatic N) is 6. The highest BCUT2D eigenvalue weighted by atomic mass is 35.5. The van der Waals surface area contributed by atoms with E-state index in [1.54, 1.807) is 6.92 Å². The Bertz CT molecular complexity index is 1030. The van der Waals surface area contributed by atoms with Gasteiger partial charge in [0.25, 0.3) is 0 Å². The molecule has 0 bridgehead atoms. The second kappa shape index (κ2) is 8.11. The molecule has 0 radical (unpaired) electrons. The van der Waals surface area contributed by atoms with Crippen LogP contribution in [0.2, 0.25) is 5.02 Å². The first-order valence-electron chi connectivity index (χ1n) is 9.90. The Labute approximate surface area is 180 Å². The highest BCUT2D eigenvalue weighted by molar-refractivity contribution is 6.33. The van der Waals surface area contributed by atoms with Crippen molar-refractivity contribution in [3.05, 3.63) is 22.5 Å². The van der Waals surface area contributed by atoms with Gasteiger partial charge in [0.15, 0.2) is 11.6 Å². The van der Waals surface area contributed by atoms with Crippen LogP contribution in [0.1, 0.15) is 58.7 Å². The second-order valence-corrected chi connectivity index (χ2v) is 8.85. The van der Waals surface area contributed by atoms with E-state index < -0.39 is 17.5 Å². The van der Waals surface area contributed by atoms with Crippen LogP contribution in [0.3, 0.4) is 0 Å². The van der Waals surface area contributed by atoms with Crippen molar-refractivity contribution in [1.29, 1.82) is 5.26 Å². The number of nitrogens with one attached hydrogen (secondary N) is 1. The molecule has 2 amide bonds. The van der Waals surface area contributed by atoms with E-state index in [0.717, 1.165) is 31.5 Å². The van der Waals surface area contributed by atoms with Crippen molar-refractivity contribution in [1.82, 2.24) is 24.9 Å². The number of halogens is 1. The van der Waals surface area contributed by atoms with Crippen LogP contribution >= 0.6 is 11.6 Å². The Morgan fingerprint density at radius 3 is 2.63 bits per heavy atom. The van der Waals surface area contributed by atoms with E-state index in [9.17, 15) is 14.9 Å². The predicted molar refractivity (Wildman–Crippen MR) is 113 cm³/mol. The van der Waals surface area contributed by atoms with E-state index in [1.807, 2.05) is 25.5 Å². The van der Waals surface area contributed by atoms with Gasteiger partial charge in [0, 0.05) is 19.0 Å². The van der Waals surface area contributed by atoms with Gasteiger partial charge in [-0.1, -0.05) is 11.6 Å². The van der Waals surface area contributed by atoms with Gasteiger partial charge in [-0.05, 0) is 47.0 Å². The van der Waals surface area contributed by atoms with Crippen LogP contribution in [0.15, 0.2) is 6.20 Å². The van der Waals surface area contributed by atoms with Crippen molar-refractivity contribution in [3.63, 3.8) is 0 Å². The van der Waals surface area contributed by atoms with E-state index >= 15 is 0 Å². The SMILES string of the molecule is CC(=O)N(c1c(C#N)cnn1-c1nn2c(c1Cl)CCCC2)C(C)C(=O)NC(C)(C)C. The number of carbonyl (C=O) groups excluding carboxylic acids is 2. The summed E-state index contributed by atoms with van der Waals surface area (Å²) in [6, 6.07) is 1.18. The molecule has 1 aliphatic heterocycles. The molecule has 0 saturated carbocycles. The number of carbonyl (C=O) groups is 2. The third-order valence-corrected chi connectivity index (χ3v) is 5.29. The summed E-state index contributed by atoms with van der Waals surface area (Å²) >= 11 is 6.60. The van der Waals surface area contributed by atoms with E-state index in [1.165, 1.54) is 22.7 Å². The maximum atomic E-state index is 12.8. The molecule has 0 spiro atoms. The van der Waals surface area contributed by atoms with Crippen LogP contribution in [-0.4, -0.2) is 43.0 Å². The number of hydrogen-bond donors (Lipinski definition) is 1. The average Bonchev–Trinajstić information content (AvgIpc) is 3.21. The number of hydrogen-bond acceptors (Lipinski definition) is 5. The minimum atomic E-state index is -0.875. The van der Waals surface area contributed by atoms with Gasteiger partial charge in [-0.3, -0.25) is 19.2 Å². The number of fused-ring (bicyclic) bond motifs is 1. The average molecular weight is 432 g/mol. The molecule has 3 heterocycles. The molecule has 0 saturated heterocycles. The summed E-state index contributed by atoms with van der Waals surface area (Å²) in [6.07, 6.45) is 4.18. The highest BCUT2D eigenvalue weighted by Crippen LogP contribution is 2.33. The van der Waals surface area contributed by atoms with Gasteiger partial charge >= 0.3 is 0 Å². The molecule has 2 aromatic heterocycles. The molecule has 1 unspecified atom stereocenters. The lowest BCUT2D eigenvalue weighted by atomic mass is 10.1. The number of aromatic nitrogens is 4. The summed E-state index contributed by atoms with van der Waals surface area (Å²) < 4.78 is 3.22. The third-order valence-electron chi connectivity index (χ3n) is 4.91. The maximum Gasteiger partial charge on any atom is 0.243 e. The van der Waals surface area contributed by atoms with Gasteiger partial charge in [0.05, 0.1) is 11.9 Å². The van der Waals surface area contributed by atoms with Crippen LogP contribution in [0, 0.1) is 11.3 Å². The molecule has 2 aromatic rings. The van der Waals surface area contributed by atoms with Crippen LogP contribution in [-0.2, 0) is 22.6 Å². The fraction of sp³-hybridized carbons (Fsp3) is 0.550. The molecule has 1 atom stereocenters. The lowest BCUT2D eigenvalue weighted by molar-refractivity contribution is -0.126. The predicted octanol–water partition coefficient (Wildman–Crippen LogP) is 2.59. The molecule has 10 heteroatoms. The van der Waals surface area contributed by atoms with Crippen LogP contribution in [0.25, 0.3) is 5.82 Å². The Balaban J connectivity index is 2.12. The van der Waals surface area contributed by atoms with E-state index in [0.29, 0.717) is 10.8 Å². The lowest BCUT2D eigenvalue weighted by Gasteiger charge is -2.30. The Morgan fingerprint density at radius 1 is 1.37 bits per heavy atom. The monoisotopic (exact) mass is 431 g/mol. The molecular formula is C20H26ClN7O2. The largest absolute Gasteiger partial charge is 0.350 e. The van der Waals surface area contributed by atoms with Gasteiger partial charge in [-0.2, -0.15) is 20.1 Å². The van der Waals surface area contributed by atoms with Crippen LogP contribution in [0.4, 0.5) is 5.82 Å². The zero-order valence-corrected chi connectivity index (χ0v) is 18.6. The first-order chi connectivity index (χ1) is 14.0. The Hall–Kier alpha value is -2.86. The lowest BCUT2D eigenvalue weighted by Crippen LogP contribution is -2.53. The van der Waals surface area contributed by atoms with Crippen LogP contribution < -0.4 is 10.2 Å².